The van der Waals surface area contributed by atoms with Crippen molar-refractivity contribution < 1.29 is 9.47 Å². The molecule has 2 heterocycles. The van der Waals surface area contributed by atoms with Gasteiger partial charge < -0.3 is 14.9 Å². The number of nitrogens with two attached hydrogens (primary N) is 1. The summed E-state index contributed by atoms with van der Waals surface area (Å²) < 4.78 is 11.2. The van der Waals surface area contributed by atoms with Crippen molar-refractivity contribution in [2.45, 2.75) is 37.2 Å². The van der Waals surface area contributed by atoms with Crippen LogP contribution in [0.5, 0.6) is 0 Å². The van der Waals surface area contributed by atoms with Gasteiger partial charge in [-0.15, -0.1) is 0 Å². The molecule has 19 heavy (non-hydrogen) atoms. The molecule has 1 aromatic heterocycles. The van der Waals surface area contributed by atoms with E-state index < -0.39 is 5.60 Å². The zero-order valence-electron chi connectivity index (χ0n) is 11.2. The maximum absolute atomic E-state index is 5.75. The summed E-state index contributed by atoms with van der Waals surface area (Å²) in [6.07, 6.45) is 3.95. The molecule has 1 saturated carbocycles. The summed E-state index contributed by atoms with van der Waals surface area (Å²) in [4.78, 5) is 9.22. The number of hydrogen-bond acceptors (Lipinski definition) is 6. The highest BCUT2D eigenvalue weighted by Crippen LogP contribution is 2.41. The molecule has 0 radical (unpaired) electrons. The standard InChI is InChI=1S/C13H20N4O2/c1-18-13(4-6-19-7-5-13)12-15-10(9-2-3-9)8-11(16-12)17-14/h8-9H,2-7,14H2,1H3,(H,15,16,17). The first kappa shape index (κ1) is 12.8. The van der Waals surface area contributed by atoms with Crippen molar-refractivity contribution >= 4 is 5.82 Å². The average molecular weight is 264 g/mol. The van der Waals surface area contributed by atoms with Crippen molar-refractivity contribution in [2.24, 2.45) is 5.84 Å². The van der Waals surface area contributed by atoms with Crippen LogP contribution in [-0.2, 0) is 15.1 Å². The van der Waals surface area contributed by atoms with Gasteiger partial charge in [-0.2, -0.15) is 0 Å². The van der Waals surface area contributed by atoms with Crippen LogP contribution in [0.25, 0.3) is 0 Å². The second-order valence-electron chi connectivity index (χ2n) is 5.23. The Morgan fingerprint density at radius 2 is 2.11 bits per heavy atom. The van der Waals surface area contributed by atoms with Gasteiger partial charge in [0.1, 0.15) is 11.4 Å². The van der Waals surface area contributed by atoms with Crippen molar-refractivity contribution in [1.29, 1.82) is 0 Å². The third-order valence-corrected chi connectivity index (χ3v) is 3.99. The van der Waals surface area contributed by atoms with Crippen LogP contribution in [0.3, 0.4) is 0 Å². The van der Waals surface area contributed by atoms with Gasteiger partial charge in [0.05, 0.1) is 0 Å². The van der Waals surface area contributed by atoms with Crippen LogP contribution in [0, 0.1) is 0 Å². The molecule has 0 bridgehead atoms. The van der Waals surface area contributed by atoms with Crippen molar-refractivity contribution in [1.82, 2.24) is 9.97 Å². The first-order valence-electron chi connectivity index (χ1n) is 6.76. The minimum absolute atomic E-state index is 0.436. The molecule has 6 heteroatoms. The molecule has 0 aromatic carbocycles. The van der Waals surface area contributed by atoms with Gasteiger partial charge in [-0.05, 0) is 12.8 Å². The Hall–Kier alpha value is -1.24. The minimum atomic E-state index is -0.436. The van der Waals surface area contributed by atoms with Gasteiger partial charge in [-0.1, -0.05) is 0 Å². The number of aromatic nitrogens is 2. The predicted octanol–water partition coefficient (Wildman–Crippen LogP) is 1.29. The molecule has 1 saturated heterocycles. The van der Waals surface area contributed by atoms with Crippen LogP contribution in [0.15, 0.2) is 6.07 Å². The number of nitrogens with zero attached hydrogens (tertiary/aromatic N) is 2. The van der Waals surface area contributed by atoms with Crippen LogP contribution in [0.2, 0.25) is 0 Å². The van der Waals surface area contributed by atoms with E-state index in [1.165, 1.54) is 12.8 Å². The Labute approximate surface area is 112 Å². The molecule has 0 atom stereocenters. The van der Waals surface area contributed by atoms with Gasteiger partial charge in [-0.3, -0.25) is 0 Å². The number of nitrogens with one attached hydrogen (secondary N) is 1. The smallest absolute Gasteiger partial charge is 0.163 e. The lowest BCUT2D eigenvalue weighted by Gasteiger charge is -2.34. The zero-order chi connectivity index (χ0) is 13.3. The van der Waals surface area contributed by atoms with Crippen molar-refractivity contribution in [3.8, 4) is 0 Å². The van der Waals surface area contributed by atoms with E-state index in [1.807, 2.05) is 6.07 Å². The average Bonchev–Trinajstić information content (AvgIpc) is 3.32. The lowest BCUT2D eigenvalue weighted by Crippen LogP contribution is -2.37. The summed E-state index contributed by atoms with van der Waals surface area (Å²) in [6.45, 7) is 1.35. The molecule has 104 valence electrons. The van der Waals surface area contributed by atoms with Crippen LogP contribution < -0.4 is 11.3 Å². The zero-order valence-corrected chi connectivity index (χ0v) is 11.2. The molecule has 2 aliphatic rings. The van der Waals surface area contributed by atoms with E-state index in [9.17, 15) is 0 Å². The lowest BCUT2D eigenvalue weighted by molar-refractivity contribution is -0.1000. The summed E-state index contributed by atoms with van der Waals surface area (Å²) in [6, 6.07) is 1.93. The monoisotopic (exact) mass is 264 g/mol. The molecular formula is C13H20N4O2. The fraction of sp³-hybridized carbons (Fsp3) is 0.692. The molecule has 6 nitrogen and oxygen atoms in total. The molecule has 0 unspecified atom stereocenters. The summed E-state index contributed by atoms with van der Waals surface area (Å²) in [5.41, 5.74) is 3.27. The Morgan fingerprint density at radius 3 is 2.68 bits per heavy atom. The number of methoxy groups -OCH3 is 1. The van der Waals surface area contributed by atoms with Gasteiger partial charge in [0.15, 0.2) is 5.82 Å². The Kier molecular flexibility index (Phi) is 3.38. The number of hydrogen-bond donors (Lipinski definition) is 2. The van der Waals surface area contributed by atoms with Gasteiger partial charge in [-0.25, -0.2) is 15.8 Å². The van der Waals surface area contributed by atoms with Gasteiger partial charge in [0, 0.05) is 50.8 Å². The third kappa shape index (κ3) is 2.43. The maximum atomic E-state index is 5.75. The predicted molar refractivity (Wildman–Crippen MR) is 70.6 cm³/mol. The van der Waals surface area contributed by atoms with E-state index >= 15 is 0 Å². The number of anilines is 1. The van der Waals surface area contributed by atoms with Crippen LogP contribution in [-0.4, -0.2) is 30.3 Å². The van der Waals surface area contributed by atoms with Gasteiger partial charge >= 0.3 is 0 Å². The van der Waals surface area contributed by atoms with E-state index in [0.717, 1.165) is 24.4 Å². The first-order valence-corrected chi connectivity index (χ1v) is 6.76. The topological polar surface area (TPSA) is 82.3 Å². The first-order chi connectivity index (χ1) is 9.27. The minimum Gasteiger partial charge on any atom is -0.381 e. The molecule has 2 fully saturated rings. The Balaban J connectivity index is 1.99. The van der Waals surface area contributed by atoms with E-state index in [0.29, 0.717) is 24.9 Å². The van der Waals surface area contributed by atoms with Crippen LogP contribution >= 0.6 is 0 Å². The fourth-order valence-corrected chi connectivity index (χ4v) is 2.55. The van der Waals surface area contributed by atoms with E-state index in [-0.39, 0.29) is 0 Å². The number of ether oxygens (including phenoxy) is 2. The molecule has 0 spiro atoms. The van der Waals surface area contributed by atoms with Gasteiger partial charge in [0.25, 0.3) is 0 Å². The van der Waals surface area contributed by atoms with Gasteiger partial charge in [0.2, 0.25) is 0 Å². The second-order valence-corrected chi connectivity index (χ2v) is 5.23. The summed E-state index contributed by atoms with van der Waals surface area (Å²) in [7, 11) is 1.72. The second kappa shape index (κ2) is 5.03. The molecule has 1 aliphatic carbocycles. The summed E-state index contributed by atoms with van der Waals surface area (Å²) in [5.74, 6) is 7.47. The SMILES string of the molecule is COC1(c2nc(NN)cc(C3CC3)n2)CCOCC1. The van der Waals surface area contributed by atoms with Crippen LogP contribution in [0.1, 0.15) is 43.1 Å². The number of rotatable bonds is 4. The Morgan fingerprint density at radius 1 is 1.37 bits per heavy atom. The molecule has 1 aromatic rings. The van der Waals surface area contributed by atoms with Crippen molar-refractivity contribution in [3.63, 3.8) is 0 Å². The van der Waals surface area contributed by atoms with Crippen LogP contribution in [0.4, 0.5) is 5.82 Å². The highest BCUT2D eigenvalue weighted by Gasteiger charge is 2.39. The maximum Gasteiger partial charge on any atom is 0.163 e. The van der Waals surface area contributed by atoms with E-state index in [4.69, 9.17) is 20.3 Å². The summed E-state index contributed by atoms with van der Waals surface area (Å²) in [5, 5.41) is 0. The van der Waals surface area contributed by atoms with E-state index in [1.54, 1.807) is 7.11 Å². The van der Waals surface area contributed by atoms with E-state index in [2.05, 4.69) is 10.4 Å². The molecule has 0 amide bonds. The molecular weight excluding hydrogens is 244 g/mol. The fourth-order valence-electron chi connectivity index (χ4n) is 2.55. The third-order valence-electron chi connectivity index (χ3n) is 3.99. The van der Waals surface area contributed by atoms with Crippen molar-refractivity contribution in [3.05, 3.63) is 17.6 Å². The molecule has 3 N–H and O–H groups in total. The number of hydrazine groups is 1. The highest BCUT2D eigenvalue weighted by atomic mass is 16.5. The normalized spacial score (nSPS) is 22.2. The lowest BCUT2D eigenvalue weighted by atomic mass is 9.93. The van der Waals surface area contributed by atoms with Crippen molar-refractivity contribution in [2.75, 3.05) is 25.7 Å². The Bertz CT molecular complexity index is 456. The molecule has 1 aliphatic heterocycles. The summed E-state index contributed by atoms with van der Waals surface area (Å²) >= 11 is 0. The quantitative estimate of drug-likeness (QED) is 0.630. The highest BCUT2D eigenvalue weighted by molar-refractivity contribution is 5.37. The largest absolute Gasteiger partial charge is 0.381 e. The number of nitrogen functional groups attached to an aromatic ring is 1. The molecule has 3 rings (SSSR count).